The fraction of sp³-hybridized carbons (Fsp3) is 0.300. The Kier molecular flexibility index (Phi) is 5.29. The Labute approximate surface area is 173 Å². The predicted molar refractivity (Wildman–Crippen MR) is 110 cm³/mol. The van der Waals surface area contributed by atoms with Crippen molar-refractivity contribution < 1.29 is 9.53 Å². The minimum absolute atomic E-state index is 0.0861. The van der Waals surface area contributed by atoms with Crippen LogP contribution in [0, 0.1) is 11.3 Å². The Hall–Kier alpha value is -2.50. The molecule has 0 fully saturated rings. The number of benzene rings is 1. The molecule has 1 unspecified atom stereocenters. The van der Waals surface area contributed by atoms with E-state index in [4.69, 9.17) is 4.74 Å². The second-order valence-electron chi connectivity index (χ2n) is 6.61. The van der Waals surface area contributed by atoms with E-state index >= 15 is 0 Å². The number of nitriles is 1. The van der Waals surface area contributed by atoms with E-state index in [9.17, 15) is 14.9 Å². The van der Waals surface area contributed by atoms with E-state index in [1.807, 2.05) is 6.07 Å². The second kappa shape index (κ2) is 7.86. The first-order chi connectivity index (χ1) is 13.6. The summed E-state index contributed by atoms with van der Waals surface area (Å²) in [5, 5.41) is 10.1. The first kappa shape index (κ1) is 18.8. The van der Waals surface area contributed by atoms with Crippen LogP contribution in [0.25, 0.3) is 10.2 Å². The van der Waals surface area contributed by atoms with E-state index in [0.29, 0.717) is 16.0 Å². The van der Waals surface area contributed by atoms with Gasteiger partial charge in [0.25, 0.3) is 5.56 Å². The zero-order chi connectivity index (χ0) is 19.7. The number of aromatic nitrogens is 2. The van der Waals surface area contributed by atoms with Gasteiger partial charge in [-0.05, 0) is 55.5 Å². The molecule has 0 amide bonds. The molecule has 0 saturated carbocycles. The highest BCUT2D eigenvalue weighted by Gasteiger charge is 2.26. The number of thiophene rings is 1. The van der Waals surface area contributed by atoms with E-state index in [2.05, 4.69) is 25.9 Å². The Morgan fingerprint density at radius 3 is 2.82 bits per heavy atom. The number of hydrogen-bond acceptors (Lipinski definition) is 6. The number of aromatic amines is 1. The average molecular weight is 458 g/mol. The summed E-state index contributed by atoms with van der Waals surface area (Å²) in [5.74, 6) is -1.01. The normalized spacial score (nSPS) is 14.3. The largest absolute Gasteiger partial charge is 0.486 e. The van der Waals surface area contributed by atoms with E-state index < -0.39 is 11.7 Å². The minimum Gasteiger partial charge on any atom is -0.486 e. The van der Waals surface area contributed by atoms with Crippen LogP contribution < -0.4 is 10.3 Å². The number of ketones is 1. The predicted octanol–water partition coefficient (Wildman–Crippen LogP) is 3.88. The summed E-state index contributed by atoms with van der Waals surface area (Å²) < 4.78 is 6.37. The van der Waals surface area contributed by atoms with Gasteiger partial charge in [0, 0.05) is 9.35 Å². The maximum absolute atomic E-state index is 12.6. The Balaban J connectivity index is 1.59. The molecule has 28 heavy (non-hydrogen) atoms. The van der Waals surface area contributed by atoms with Gasteiger partial charge in [-0.15, -0.1) is 11.3 Å². The molecule has 0 saturated heterocycles. The monoisotopic (exact) mass is 457 g/mol. The highest BCUT2D eigenvalue weighted by Crippen LogP contribution is 2.34. The number of nitrogens with zero attached hydrogens (tertiary/aromatic N) is 2. The van der Waals surface area contributed by atoms with Crippen molar-refractivity contribution >= 4 is 43.3 Å². The maximum Gasteiger partial charge on any atom is 0.259 e. The van der Waals surface area contributed by atoms with E-state index in [1.165, 1.54) is 16.2 Å². The fourth-order valence-corrected chi connectivity index (χ4v) is 4.90. The highest BCUT2D eigenvalue weighted by atomic mass is 79.9. The SMILES string of the molecule is N#CC(C(=O)COc1ccc(Br)cc1)c1nc2sc3c(c2c(=O)[nH]1)CCCC3. The van der Waals surface area contributed by atoms with Crippen molar-refractivity contribution in [3.05, 3.63) is 55.4 Å². The molecule has 142 valence electrons. The number of H-pyrrole nitrogens is 1. The number of ether oxygens (including phenoxy) is 1. The van der Waals surface area contributed by atoms with Crippen LogP contribution in [0.3, 0.4) is 0 Å². The number of fused-ring (bicyclic) bond motifs is 3. The van der Waals surface area contributed by atoms with E-state index in [0.717, 1.165) is 35.7 Å². The van der Waals surface area contributed by atoms with Crippen molar-refractivity contribution in [1.82, 2.24) is 9.97 Å². The average Bonchev–Trinajstić information content (AvgIpc) is 3.07. The highest BCUT2D eigenvalue weighted by molar-refractivity contribution is 9.10. The quantitative estimate of drug-likeness (QED) is 0.626. The molecule has 6 nitrogen and oxygen atoms in total. The van der Waals surface area contributed by atoms with Crippen LogP contribution in [0.15, 0.2) is 33.5 Å². The van der Waals surface area contributed by atoms with Crippen LogP contribution in [-0.4, -0.2) is 22.4 Å². The zero-order valence-electron chi connectivity index (χ0n) is 14.8. The lowest BCUT2D eigenvalue weighted by atomic mass is 9.97. The molecule has 1 atom stereocenters. The van der Waals surface area contributed by atoms with Crippen LogP contribution in [0.2, 0.25) is 0 Å². The third kappa shape index (κ3) is 3.60. The topological polar surface area (TPSA) is 95.8 Å². The molecule has 1 aliphatic carbocycles. The molecular weight excluding hydrogens is 442 g/mol. The van der Waals surface area contributed by atoms with Gasteiger partial charge >= 0.3 is 0 Å². The number of rotatable bonds is 5. The third-order valence-electron chi connectivity index (χ3n) is 4.76. The Morgan fingerprint density at radius 1 is 1.32 bits per heavy atom. The number of Topliss-reactive ketones (excluding diaryl/α,β-unsaturated/α-hetero) is 1. The number of halogens is 1. The van der Waals surface area contributed by atoms with Crippen LogP contribution in [0.4, 0.5) is 0 Å². The summed E-state index contributed by atoms with van der Waals surface area (Å²) in [4.78, 5) is 34.1. The smallest absolute Gasteiger partial charge is 0.259 e. The fourth-order valence-electron chi connectivity index (χ4n) is 3.37. The lowest BCUT2D eigenvalue weighted by Gasteiger charge is -2.10. The Morgan fingerprint density at radius 2 is 2.07 bits per heavy atom. The van der Waals surface area contributed by atoms with Gasteiger partial charge in [-0.2, -0.15) is 5.26 Å². The lowest BCUT2D eigenvalue weighted by Crippen LogP contribution is -2.23. The van der Waals surface area contributed by atoms with Gasteiger partial charge in [-0.1, -0.05) is 15.9 Å². The molecular formula is C20H16BrN3O3S. The summed E-state index contributed by atoms with van der Waals surface area (Å²) in [6, 6.07) is 9.00. The van der Waals surface area contributed by atoms with Crippen LogP contribution in [-0.2, 0) is 17.6 Å². The van der Waals surface area contributed by atoms with Crippen molar-refractivity contribution in [2.24, 2.45) is 0 Å². The molecule has 8 heteroatoms. The minimum atomic E-state index is -1.17. The lowest BCUT2D eigenvalue weighted by molar-refractivity contribution is -0.121. The van der Waals surface area contributed by atoms with Gasteiger partial charge in [0.1, 0.15) is 23.0 Å². The van der Waals surface area contributed by atoms with Gasteiger partial charge in [-0.3, -0.25) is 9.59 Å². The Bertz CT molecular complexity index is 1140. The van der Waals surface area contributed by atoms with Crippen LogP contribution in [0.1, 0.15) is 35.0 Å². The van der Waals surface area contributed by atoms with Gasteiger partial charge in [0.05, 0.1) is 11.5 Å². The summed E-state index contributed by atoms with van der Waals surface area (Å²) in [7, 11) is 0. The van der Waals surface area contributed by atoms with Crippen molar-refractivity contribution in [3.63, 3.8) is 0 Å². The molecule has 1 N–H and O–H groups in total. The molecule has 3 aromatic rings. The maximum atomic E-state index is 12.6. The summed E-state index contributed by atoms with van der Waals surface area (Å²) >= 11 is 4.82. The molecule has 0 spiro atoms. The number of nitrogens with one attached hydrogen (secondary N) is 1. The van der Waals surface area contributed by atoms with E-state index in [-0.39, 0.29) is 18.0 Å². The molecule has 4 rings (SSSR count). The molecule has 1 aliphatic rings. The summed E-state index contributed by atoms with van der Waals surface area (Å²) in [6.45, 7) is -0.275. The second-order valence-corrected chi connectivity index (χ2v) is 8.61. The molecule has 2 heterocycles. The molecule has 0 bridgehead atoms. The van der Waals surface area contributed by atoms with Gasteiger partial charge in [-0.25, -0.2) is 4.98 Å². The van der Waals surface area contributed by atoms with Crippen molar-refractivity contribution in [3.8, 4) is 11.8 Å². The standard InChI is InChI=1S/C20H16BrN3O3S/c21-11-5-7-12(8-6-11)27-10-15(25)14(9-22)18-23-19(26)17-13-3-1-2-4-16(13)28-20(17)24-18/h5-8,14H,1-4,10H2,(H,23,24,26). The number of carbonyl (C=O) groups is 1. The van der Waals surface area contributed by atoms with Gasteiger partial charge in [0.15, 0.2) is 11.7 Å². The van der Waals surface area contributed by atoms with E-state index in [1.54, 1.807) is 24.3 Å². The number of carbonyl (C=O) groups excluding carboxylic acids is 1. The first-order valence-electron chi connectivity index (χ1n) is 8.92. The number of hydrogen-bond donors (Lipinski definition) is 1. The van der Waals surface area contributed by atoms with Crippen molar-refractivity contribution in [1.29, 1.82) is 5.26 Å². The molecule has 1 aromatic carbocycles. The van der Waals surface area contributed by atoms with Gasteiger partial charge < -0.3 is 9.72 Å². The molecule has 2 aromatic heterocycles. The summed E-state index contributed by atoms with van der Waals surface area (Å²) in [5.41, 5.74) is 0.797. The molecule has 0 aliphatic heterocycles. The van der Waals surface area contributed by atoms with Crippen molar-refractivity contribution in [2.45, 2.75) is 31.6 Å². The van der Waals surface area contributed by atoms with Gasteiger partial charge in [0.2, 0.25) is 0 Å². The summed E-state index contributed by atoms with van der Waals surface area (Å²) in [6.07, 6.45) is 4.00. The van der Waals surface area contributed by atoms with Crippen molar-refractivity contribution in [2.75, 3.05) is 6.61 Å². The zero-order valence-corrected chi connectivity index (χ0v) is 17.2. The first-order valence-corrected chi connectivity index (χ1v) is 10.5. The third-order valence-corrected chi connectivity index (χ3v) is 6.48. The van der Waals surface area contributed by atoms with Crippen LogP contribution >= 0.6 is 27.3 Å². The number of aryl methyl sites for hydroxylation is 2. The van der Waals surface area contributed by atoms with Crippen LogP contribution in [0.5, 0.6) is 5.75 Å². The molecule has 0 radical (unpaired) electrons.